The normalized spacial score (nSPS) is 16.4. The van der Waals surface area contributed by atoms with Gasteiger partial charge < -0.3 is 19.7 Å². The summed E-state index contributed by atoms with van der Waals surface area (Å²) in [6, 6.07) is 18.6. The highest BCUT2D eigenvalue weighted by Gasteiger charge is 2.41. The minimum Gasteiger partial charge on any atom is -0.508 e. The van der Waals surface area contributed by atoms with Gasteiger partial charge in [0, 0.05) is 18.8 Å². The van der Waals surface area contributed by atoms with E-state index >= 15 is 0 Å². The van der Waals surface area contributed by atoms with Crippen LogP contribution in [0.2, 0.25) is 0 Å². The molecule has 1 saturated heterocycles. The average molecular weight is 439 g/mol. The Morgan fingerprint density at radius 1 is 1.00 bits per heavy atom. The largest absolute Gasteiger partial charge is 0.508 e. The molecule has 2 aromatic carbocycles. The van der Waals surface area contributed by atoms with Crippen LogP contribution < -0.4 is 5.32 Å². The van der Waals surface area contributed by atoms with Crippen molar-refractivity contribution in [2.45, 2.75) is 23.2 Å². The van der Waals surface area contributed by atoms with E-state index in [1.54, 1.807) is 60.7 Å². The summed E-state index contributed by atoms with van der Waals surface area (Å²) in [6.45, 7) is 0.945. The van der Waals surface area contributed by atoms with Crippen molar-refractivity contribution in [3.63, 3.8) is 0 Å². The van der Waals surface area contributed by atoms with E-state index in [1.165, 1.54) is 0 Å². The summed E-state index contributed by atoms with van der Waals surface area (Å²) in [7, 11) is 0. The van der Waals surface area contributed by atoms with E-state index in [-0.39, 0.29) is 11.7 Å². The van der Waals surface area contributed by atoms with Crippen LogP contribution in [0.25, 0.3) is 11.3 Å². The van der Waals surface area contributed by atoms with Crippen LogP contribution >= 0.6 is 0 Å². The lowest BCUT2D eigenvalue weighted by atomic mass is 9.73. The lowest BCUT2D eigenvalue weighted by Crippen LogP contribution is -2.45. The maximum Gasteiger partial charge on any atom is 0.236 e. The van der Waals surface area contributed by atoms with E-state index in [0.717, 1.165) is 11.1 Å². The monoisotopic (exact) mass is 438 g/mol. The predicted molar refractivity (Wildman–Crippen MR) is 117 cm³/mol. The molecular weight excluding hydrogens is 416 g/mol. The Morgan fingerprint density at radius 3 is 2.32 bits per heavy atom. The van der Waals surface area contributed by atoms with Crippen LogP contribution in [0, 0.1) is 0 Å². The maximum atomic E-state index is 13.4. The molecule has 1 aromatic heterocycles. The second-order valence-electron chi connectivity index (χ2n) is 7.38. The first kappa shape index (κ1) is 21.2. The number of ether oxygens (including phenoxy) is 1. The number of phenolic OH excluding ortho intramolecular Hbond substituents is 1. The van der Waals surface area contributed by atoms with Crippen LogP contribution in [-0.2, 0) is 26.0 Å². The molecule has 3 aromatic rings. The summed E-state index contributed by atoms with van der Waals surface area (Å²) in [5, 5.41) is 12.6. The zero-order valence-electron chi connectivity index (χ0n) is 16.7. The van der Waals surface area contributed by atoms with Crippen LogP contribution in [0.15, 0.2) is 71.6 Å². The van der Waals surface area contributed by atoms with Gasteiger partial charge >= 0.3 is 0 Å². The quantitative estimate of drug-likeness (QED) is 0.524. The molecule has 7 nitrogen and oxygen atoms in total. The number of nitrogens with zero attached hydrogens (tertiary/aromatic N) is 1. The Hall–Kier alpha value is -3.07. The molecule has 1 fully saturated rings. The molecule has 1 amide bonds. The number of amides is 1. The maximum absolute atomic E-state index is 13.4. The molecular formula is C23H22N2O5S. The number of phenols is 1. The fourth-order valence-electron chi connectivity index (χ4n) is 3.79. The number of aromatic nitrogens is 1. The molecule has 2 heterocycles. The number of anilines is 1. The van der Waals surface area contributed by atoms with E-state index in [4.69, 9.17) is 4.74 Å². The lowest BCUT2D eigenvalue weighted by molar-refractivity contribution is -0.125. The van der Waals surface area contributed by atoms with E-state index in [0.29, 0.717) is 42.5 Å². The van der Waals surface area contributed by atoms with E-state index < -0.39 is 16.5 Å². The van der Waals surface area contributed by atoms with Crippen LogP contribution in [0.5, 0.6) is 5.75 Å². The molecule has 0 saturated carbocycles. The van der Waals surface area contributed by atoms with Crippen molar-refractivity contribution in [3.05, 3.63) is 72.3 Å². The third-order valence-electron chi connectivity index (χ3n) is 5.54. The summed E-state index contributed by atoms with van der Waals surface area (Å²) in [6.07, 6.45) is 1.06. The van der Waals surface area contributed by atoms with Gasteiger partial charge in [-0.15, -0.1) is 0 Å². The van der Waals surface area contributed by atoms with Gasteiger partial charge in [0.25, 0.3) is 0 Å². The third-order valence-corrected chi connectivity index (χ3v) is 6.22. The predicted octanol–water partition coefficient (Wildman–Crippen LogP) is 3.72. The van der Waals surface area contributed by atoms with Gasteiger partial charge in [-0.1, -0.05) is 30.3 Å². The van der Waals surface area contributed by atoms with Crippen molar-refractivity contribution in [3.8, 4) is 17.0 Å². The van der Waals surface area contributed by atoms with Crippen molar-refractivity contribution in [2.75, 3.05) is 18.5 Å². The first-order valence-electron chi connectivity index (χ1n) is 9.85. The fourth-order valence-corrected chi connectivity index (χ4v) is 4.16. The van der Waals surface area contributed by atoms with E-state index in [2.05, 4.69) is 10.3 Å². The number of carbonyl (C=O) groups is 1. The first-order valence-corrected chi connectivity index (χ1v) is 11.0. The van der Waals surface area contributed by atoms with E-state index in [1.807, 2.05) is 6.07 Å². The summed E-state index contributed by atoms with van der Waals surface area (Å²) in [5.41, 5.74) is 1.47. The number of nitrogens with one attached hydrogen (secondary N) is 1. The molecule has 1 atom stereocenters. The highest BCUT2D eigenvalue weighted by atomic mass is 32.2. The molecule has 1 aliphatic rings. The molecule has 31 heavy (non-hydrogen) atoms. The van der Waals surface area contributed by atoms with Crippen molar-refractivity contribution in [1.82, 2.24) is 4.98 Å². The molecule has 1 unspecified atom stereocenters. The van der Waals surface area contributed by atoms with Gasteiger partial charge in [0.05, 0.1) is 16.0 Å². The topological polar surface area (TPSA) is 109 Å². The smallest absolute Gasteiger partial charge is 0.236 e. The number of rotatable bonds is 5. The van der Waals surface area contributed by atoms with Crippen LogP contribution in [0.4, 0.5) is 5.82 Å². The third kappa shape index (κ3) is 4.51. The summed E-state index contributed by atoms with van der Waals surface area (Å²) in [5.74, 6) is 0.399. The van der Waals surface area contributed by atoms with Crippen LogP contribution in [0.1, 0.15) is 18.4 Å². The molecule has 3 N–H and O–H groups in total. The molecule has 4 rings (SSSR count). The second-order valence-corrected chi connectivity index (χ2v) is 8.35. The molecule has 0 radical (unpaired) electrons. The first-order chi connectivity index (χ1) is 15.0. The minimum atomic E-state index is -2.04. The highest BCUT2D eigenvalue weighted by Crippen LogP contribution is 2.37. The molecule has 0 spiro atoms. The Balaban J connectivity index is 1.60. The van der Waals surface area contributed by atoms with Crippen molar-refractivity contribution < 1.29 is 23.4 Å². The molecule has 1 aliphatic heterocycles. The zero-order valence-corrected chi connectivity index (χ0v) is 17.5. The molecule has 8 heteroatoms. The number of benzene rings is 2. The van der Waals surface area contributed by atoms with Gasteiger partial charge in [-0.3, -0.25) is 4.79 Å². The number of hydrogen-bond donors (Lipinski definition) is 3. The van der Waals surface area contributed by atoms with Gasteiger partial charge in [0.2, 0.25) is 5.91 Å². The molecule has 0 bridgehead atoms. The SMILES string of the molecule is O=C(Nc1cccc(-c2ccc(S(=O)O)cc2)n1)C1(c2ccc(O)cc2)CCOCC1. The van der Waals surface area contributed by atoms with E-state index in [9.17, 15) is 18.7 Å². The fraction of sp³-hybridized carbons (Fsp3) is 0.217. The van der Waals surface area contributed by atoms with Gasteiger partial charge in [-0.25, -0.2) is 9.19 Å². The van der Waals surface area contributed by atoms with Crippen molar-refractivity contribution in [2.24, 2.45) is 0 Å². The number of aromatic hydroxyl groups is 1. The molecule has 0 aliphatic carbocycles. The lowest BCUT2D eigenvalue weighted by Gasteiger charge is -2.36. The van der Waals surface area contributed by atoms with Gasteiger partial charge in [0.15, 0.2) is 11.1 Å². The number of carbonyl (C=O) groups excluding carboxylic acids is 1. The van der Waals surface area contributed by atoms with Gasteiger partial charge in [-0.05, 0) is 54.8 Å². The van der Waals surface area contributed by atoms with Crippen molar-refractivity contribution in [1.29, 1.82) is 0 Å². The number of pyridine rings is 1. The Morgan fingerprint density at radius 2 is 1.68 bits per heavy atom. The zero-order chi connectivity index (χ0) is 21.8. The summed E-state index contributed by atoms with van der Waals surface area (Å²) in [4.78, 5) is 18.3. The van der Waals surface area contributed by atoms with Gasteiger partial charge in [0.1, 0.15) is 11.6 Å². The average Bonchev–Trinajstić information content (AvgIpc) is 2.80. The summed E-state index contributed by atoms with van der Waals surface area (Å²) >= 11 is -2.04. The highest BCUT2D eigenvalue weighted by molar-refractivity contribution is 7.79. The standard InChI is InChI=1S/C23H22N2O5S/c26-18-8-6-17(7-9-18)23(12-14-30-15-13-23)22(27)25-21-3-1-2-20(24-21)16-4-10-19(11-5-16)31(28)29/h1-11,26H,12-15H2,(H,28,29)(H,24,25,27). The molecule has 160 valence electrons. The Labute approximate surface area is 182 Å². The second kappa shape index (κ2) is 8.97. The Kier molecular flexibility index (Phi) is 6.13. The van der Waals surface area contributed by atoms with Gasteiger partial charge in [-0.2, -0.15) is 0 Å². The number of hydrogen-bond acceptors (Lipinski definition) is 5. The van der Waals surface area contributed by atoms with Crippen LogP contribution in [0.3, 0.4) is 0 Å². The summed E-state index contributed by atoms with van der Waals surface area (Å²) < 4.78 is 25.8. The van der Waals surface area contributed by atoms with Crippen LogP contribution in [-0.4, -0.2) is 38.0 Å². The Bertz CT molecular complexity index is 1090. The minimum absolute atomic E-state index is 0.150. The van der Waals surface area contributed by atoms with Crippen molar-refractivity contribution >= 4 is 22.8 Å².